The molecule has 7 heteroatoms. The number of unbranched alkanes of at least 4 members (excludes halogenated alkanes) is 3. The molecule has 0 aliphatic rings. The lowest BCUT2D eigenvalue weighted by Gasteiger charge is -2.09. The molecule has 4 rings (SSSR count). The molecule has 7 nitrogen and oxygen atoms in total. The van der Waals surface area contributed by atoms with Crippen LogP contribution in [-0.4, -0.2) is 34.2 Å². The largest absolute Gasteiger partial charge is 0.497 e. The second kappa shape index (κ2) is 10.3. The number of hydrogen-bond acceptors (Lipinski definition) is 6. The summed E-state index contributed by atoms with van der Waals surface area (Å²) in [6.45, 7) is 3.08. The van der Waals surface area contributed by atoms with Gasteiger partial charge in [0.05, 0.1) is 24.8 Å². The zero-order chi connectivity index (χ0) is 23.2. The van der Waals surface area contributed by atoms with Crippen molar-refractivity contribution in [1.82, 2.24) is 14.5 Å². The van der Waals surface area contributed by atoms with Gasteiger partial charge in [-0.1, -0.05) is 50.5 Å². The molecule has 0 fully saturated rings. The van der Waals surface area contributed by atoms with Crippen LogP contribution in [0.5, 0.6) is 5.75 Å². The van der Waals surface area contributed by atoms with Crippen LogP contribution in [-0.2, 0) is 17.7 Å². The molecule has 0 atom stereocenters. The molecule has 0 saturated heterocycles. The second-order valence-corrected chi connectivity index (χ2v) is 8.09. The van der Waals surface area contributed by atoms with Gasteiger partial charge >= 0.3 is 5.97 Å². The third-order valence-corrected chi connectivity index (χ3v) is 5.81. The Bertz CT molecular complexity index is 1250. The lowest BCUT2D eigenvalue weighted by Crippen LogP contribution is -2.11. The van der Waals surface area contributed by atoms with Gasteiger partial charge in [0.25, 0.3) is 0 Å². The topological polar surface area (TPSA) is 92.3 Å². The van der Waals surface area contributed by atoms with E-state index in [-0.39, 0.29) is 0 Å². The smallest absolute Gasteiger partial charge is 0.344 e. The molecule has 0 unspecified atom stereocenters. The van der Waals surface area contributed by atoms with Crippen molar-refractivity contribution in [1.29, 1.82) is 0 Å². The maximum absolute atomic E-state index is 13.0. The van der Waals surface area contributed by atoms with Crippen LogP contribution in [0.3, 0.4) is 0 Å². The van der Waals surface area contributed by atoms with Gasteiger partial charge in [-0.25, -0.2) is 14.8 Å². The minimum absolute atomic E-state index is 0.300. The first kappa shape index (κ1) is 22.6. The van der Waals surface area contributed by atoms with Crippen molar-refractivity contribution >= 4 is 34.0 Å². The number of nitrogen functional groups attached to an aromatic ring is 1. The molecule has 0 spiro atoms. The van der Waals surface area contributed by atoms with E-state index in [1.807, 2.05) is 53.1 Å². The number of fused-ring (bicyclic) bond motifs is 2. The summed E-state index contributed by atoms with van der Waals surface area (Å²) in [7, 11) is 1.65. The Balaban J connectivity index is 1.66. The second-order valence-electron chi connectivity index (χ2n) is 8.09. The quantitative estimate of drug-likeness (QED) is 0.267. The normalized spacial score (nSPS) is 11.2. The van der Waals surface area contributed by atoms with Crippen LogP contribution >= 0.6 is 0 Å². The van der Waals surface area contributed by atoms with Crippen molar-refractivity contribution in [2.45, 2.75) is 45.6 Å². The lowest BCUT2D eigenvalue weighted by molar-refractivity contribution is 0.0501. The summed E-state index contributed by atoms with van der Waals surface area (Å²) < 4.78 is 12.7. The molecule has 2 aromatic carbocycles. The van der Waals surface area contributed by atoms with Gasteiger partial charge in [-0.3, -0.25) is 0 Å². The zero-order valence-electron chi connectivity index (χ0n) is 19.2. The SMILES string of the molecule is CCCCCCOC(=O)c1c(N)n(CCc2ccc(OC)cc2)c2nc3ccccc3nc12. The first-order valence-electron chi connectivity index (χ1n) is 11.5. The Hall–Kier alpha value is -3.61. The highest BCUT2D eigenvalue weighted by Gasteiger charge is 2.25. The van der Waals surface area contributed by atoms with Crippen molar-refractivity contribution in [3.05, 3.63) is 59.7 Å². The van der Waals surface area contributed by atoms with Crippen molar-refractivity contribution in [2.24, 2.45) is 0 Å². The number of esters is 1. The van der Waals surface area contributed by atoms with Gasteiger partial charge in [0.1, 0.15) is 22.6 Å². The molecule has 172 valence electrons. The fourth-order valence-electron chi connectivity index (χ4n) is 3.94. The Kier molecular flexibility index (Phi) is 7.07. The maximum Gasteiger partial charge on any atom is 0.344 e. The van der Waals surface area contributed by atoms with Gasteiger partial charge in [-0.05, 0) is 42.7 Å². The van der Waals surface area contributed by atoms with Crippen LogP contribution in [0, 0.1) is 0 Å². The number of hydrogen-bond donors (Lipinski definition) is 1. The van der Waals surface area contributed by atoms with E-state index in [0.717, 1.165) is 48.9 Å². The number of rotatable bonds is 10. The average Bonchev–Trinajstić information content (AvgIpc) is 3.11. The molecular formula is C26H30N4O3. The van der Waals surface area contributed by atoms with Gasteiger partial charge in [0, 0.05) is 6.54 Å². The third-order valence-electron chi connectivity index (χ3n) is 5.81. The lowest BCUT2D eigenvalue weighted by atomic mass is 10.1. The van der Waals surface area contributed by atoms with Gasteiger partial charge in [0.2, 0.25) is 0 Å². The minimum atomic E-state index is -0.443. The number of benzene rings is 2. The fourth-order valence-corrected chi connectivity index (χ4v) is 3.94. The predicted molar refractivity (Wildman–Crippen MR) is 131 cm³/mol. The van der Waals surface area contributed by atoms with Crippen molar-refractivity contribution in [3.8, 4) is 5.75 Å². The number of nitrogens with zero attached hydrogens (tertiary/aromatic N) is 3. The van der Waals surface area contributed by atoms with E-state index in [4.69, 9.17) is 25.2 Å². The highest BCUT2D eigenvalue weighted by molar-refractivity contribution is 6.08. The monoisotopic (exact) mass is 446 g/mol. The van der Waals surface area contributed by atoms with Crippen molar-refractivity contribution < 1.29 is 14.3 Å². The maximum atomic E-state index is 13.0. The summed E-state index contributed by atoms with van der Waals surface area (Å²) in [5.74, 6) is 0.708. The number of carbonyl (C=O) groups excluding carboxylic acids is 1. The Labute approximate surface area is 193 Å². The number of anilines is 1. The summed E-state index contributed by atoms with van der Waals surface area (Å²) in [6.07, 6.45) is 4.85. The van der Waals surface area contributed by atoms with Crippen molar-refractivity contribution in [2.75, 3.05) is 19.5 Å². The van der Waals surface area contributed by atoms with E-state index in [1.165, 1.54) is 0 Å². The highest BCUT2D eigenvalue weighted by Crippen LogP contribution is 2.29. The summed E-state index contributed by atoms with van der Waals surface area (Å²) >= 11 is 0. The van der Waals surface area contributed by atoms with E-state index in [9.17, 15) is 4.79 Å². The van der Waals surface area contributed by atoms with E-state index in [0.29, 0.717) is 41.2 Å². The summed E-state index contributed by atoms with van der Waals surface area (Å²) in [5, 5.41) is 0. The van der Waals surface area contributed by atoms with E-state index in [2.05, 4.69) is 6.92 Å². The number of aryl methyl sites for hydroxylation is 2. The molecule has 0 bridgehead atoms. The number of nitrogens with two attached hydrogens (primary N) is 1. The third kappa shape index (κ3) is 4.92. The number of carbonyl (C=O) groups is 1. The summed E-state index contributed by atoms with van der Waals surface area (Å²) in [5.41, 5.74) is 10.5. The van der Waals surface area contributed by atoms with E-state index >= 15 is 0 Å². The molecule has 0 saturated carbocycles. The molecule has 0 aliphatic heterocycles. The van der Waals surface area contributed by atoms with Crippen LogP contribution in [0.4, 0.5) is 5.82 Å². The zero-order valence-corrected chi connectivity index (χ0v) is 19.2. The molecule has 2 heterocycles. The summed E-state index contributed by atoms with van der Waals surface area (Å²) in [4.78, 5) is 22.5. The first-order valence-corrected chi connectivity index (χ1v) is 11.5. The van der Waals surface area contributed by atoms with Gasteiger partial charge < -0.3 is 19.8 Å². The van der Waals surface area contributed by atoms with Gasteiger partial charge in [-0.2, -0.15) is 0 Å². The number of para-hydroxylation sites is 2. The van der Waals surface area contributed by atoms with Gasteiger partial charge in [-0.15, -0.1) is 0 Å². The molecule has 0 amide bonds. The predicted octanol–water partition coefficient (Wildman–Crippen LogP) is 5.16. The van der Waals surface area contributed by atoms with Crippen molar-refractivity contribution in [3.63, 3.8) is 0 Å². The molecule has 0 radical (unpaired) electrons. The molecule has 2 N–H and O–H groups in total. The summed E-state index contributed by atoms with van der Waals surface area (Å²) in [6, 6.07) is 15.5. The highest BCUT2D eigenvalue weighted by atomic mass is 16.5. The van der Waals surface area contributed by atoms with Crippen LogP contribution in [0.25, 0.3) is 22.2 Å². The standard InChI is InChI=1S/C26H30N4O3/c1-3-4-5-8-17-33-26(31)22-23-25(29-21-10-7-6-9-20(21)28-23)30(24(22)27)16-15-18-11-13-19(32-2)14-12-18/h6-7,9-14H,3-5,8,15-17,27H2,1-2H3. The average molecular weight is 447 g/mol. The number of methoxy groups -OCH3 is 1. The molecule has 4 aromatic rings. The van der Waals surface area contributed by atoms with Gasteiger partial charge in [0.15, 0.2) is 5.65 Å². The minimum Gasteiger partial charge on any atom is -0.497 e. The molecule has 2 aromatic heterocycles. The number of ether oxygens (including phenoxy) is 2. The molecule has 0 aliphatic carbocycles. The molecule has 33 heavy (non-hydrogen) atoms. The fraction of sp³-hybridized carbons (Fsp3) is 0.346. The molecular weight excluding hydrogens is 416 g/mol. The first-order chi connectivity index (χ1) is 16.1. The Morgan fingerprint density at radius 1 is 1.00 bits per heavy atom. The Morgan fingerprint density at radius 3 is 2.42 bits per heavy atom. The Morgan fingerprint density at radius 2 is 1.73 bits per heavy atom. The number of aromatic nitrogens is 3. The van der Waals surface area contributed by atoms with E-state index in [1.54, 1.807) is 7.11 Å². The van der Waals surface area contributed by atoms with Crippen LogP contribution in [0.15, 0.2) is 48.5 Å². The van der Waals surface area contributed by atoms with Crippen LogP contribution < -0.4 is 10.5 Å². The van der Waals surface area contributed by atoms with E-state index < -0.39 is 5.97 Å². The van der Waals surface area contributed by atoms with Crippen LogP contribution in [0.2, 0.25) is 0 Å². The van der Waals surface area contributed by atoms with Crippen LogP contribution in [0.1, 0.15) is 48.5 Å².